The van der Waals surface area contributed by atoms with Gasteiger partial charge in [-0.25, -0.2) is 4.98 Å². The zero-order valence-corrected chi connectivity index (χ0v) is 12.0. The molecule has 1 aromatic heterocycles. The van der Waals surface area contributed by atoms with Crippen LogP contribution in [-0.4, -0.2) is 21.5 Å². The van der Waals surface area contributed by atoms with Gasteiger partial charge < -0.3 is 4.98 Å². The van der Waals surface area contributed by atoms with E-state index in [2.05, 4.69) is 49.8 Å². The number of benzene rings is 1. The highest BCUT2D eigenvalue weighted by Crippen LogP contribution is 2.26. The lowest BCUT2D eigenvalue weighted by Gasteiger charge is -2.19. The molecule has 2 aromatic rings. The predicted octanol–water partition coefficient (Wildman–Crippen LogP) is 4.01. The number of aromatic amines is 1. The van der Waals surface area contributed by atoms with E-state index in [-0.39, 0.29) is 0 Å². The van der Waals surface area contributed by atoms with E-state index in [4.69, 9.17) is 0 Å². The summed E-state index contributed by atoms with van der Waals surface area (Å²) in [4.78, 5) is 8.10. The summed E-state index contributed by atoms with van der Waals surface area (Å²) < 4.78 is 1.11. The molecule has 1 aromatic carbocycles. The maximum atomic E-state index is 4.66. The molecule has 1 N–H and O–H groups in total. The Morgan fingerprint density at radius 2 is 2.18 bits per heavy atom. The molecule has 1 aliphatic rings. The molecule has 0 aliphatic carbocycles. The number of aromatic nitrogens is 2. The van der Waals surface area contributed by atoms with Crippen molar-refractivity contribution >= 4 is 38.7 Å². The Morgan fingerprint density at radius 1 is 1.35 bits per heavy atom. The summed E-state index contributed by atoms with van der Waals surface area (Å²) in [6.45, 7) is 0. The number of hydrogen-bond donors (Lipinski definition) is 1. The van der Waals surface area contributed by atoms with Crippen molar-refractivity contribution in [2.24, 2.45) is 5.92 Å². The smallest absolute Gasteiger partial charge is 0.107 e. The maximum absolute atomic E-state index is 4.66. The number of H-pyrrole nitrogens is 1. The first-order valence-electron chi connectivity index (χ1n) is 6.03. The van der Waals surface area contributed by atoms with E-state index >= 15 is 0 Å². The molecular weight excluding hydrogens is 296 g/mol. The van der Waals surface area contributed by atoms with E-state index in [0.717, 1.165) is 33.7 Å². The van der Waals surface area contributed by atoms with Crippen LogP contribution in [0.3, 0.4) is 0 Å². The molecule has 17 heavy (non-hydrogen) atoms. The van der Waals surface area contributed by atoms with Crippen molar-refractivity contribution in [3.63, 3.8) is 0 Å². The second kappa shape index (κ2) is 5.02. The molecule has 2 heterocycles. The SMILES string of the molecule is Brc1ccc2nc(CC3CCSCC3)[nH]c2c1. The van der Waals surface area contributed by atoms with E-state index in [0.29, 0.717) is 0 Å². The van der Waals surface area contributed by atoms with E-state index in [1.165, 1.54) is 24.3 Å². The first-order chi connectivity index (χ1) is 8.31. The molecule has 0 radical (unpaired) electrons. The van der Waals surface area contributed by atoms with Crippen molar-refractivity contribution < 1.29 is 0 Å². The molecule has 3 rings (SSSR count). The van der Waals surface area contributed by atoms with Gasteiger partial charge in [0.2, 0.25) is 0 Å². The Balaban J connectivity index is 1.80. The van der Waals surface area contributed by atoms with Crippen LogP contribution in [-0.2, 0) is 6.42 Å². The lowest BCUT2D eigenvalue weighted by Crippen LogP contribution is -2.12. The van der Waals surface area contributed by atoms with Crippen LogP contribution in [0.1, 0.15) is 18.7 Å². The Hall–Kier alpha value is -0.480. The van der Waals surface area contributed by atoms with Gasteiger partial charge in [-0.1, -0.05) is 15.9 Å². The van der Waals surface area contributed by atoms with Gasteiger partial charge in [0.05, 0.1) is 11.0 Å². The first-order valence-corrected chi connectivity index (χ1v) is 7.98. The fourth-order valence-corrected chi connectivity index (χ4v) is 3.92. The number of hydrogen-bond acceptors (Lipinski definition) is 2. The highest BCUT2D eigenvalue weighted by Gasteiger charge is 2.16. The van der Waals surface area contributed by atoms with E-state index in [9.17, 15) is 0 Å². The van der Waals surface area contributed by atoms with Crippen molar-refractivity contribution in [2.75, 3.05) is 11.5 Å². The molecule has 1 saturated heterocycles. The van der Waals surface area contributed by atoms with Crippen LogP contribution >= 0.6 is 27.7 Å². The van der Waals surface area contributed by atoms with Gasteiger partial charge in [0.1, 0.15) is 5.82 Å². The minimum absolute atomic E-state index is 0.820. The van der Waals surface area contributed by atoms with Crippen LogP contribution < -0.4 is 0 Å². The summed E-state index contributed by atoms with van der Waals surface area (Å²) in [7, 11) is 0. The molecule has 2 nitrogen and oxygen atoms in total. The molecule has 0 unspecified atom stereocenters. The van der Waals surface area contributed by atoms with Crippen LogP contribution in [0, 0.1) is 5.92 Å². The minimum atomic E-state index is 0.820. The van der Waals surface area contributed by atoms with Crippen LogP contribution in [0.5, 0.6) is 0 Å². The average molecular weight is 311 g/mol. The van der Waals surface area contributed by atoms with Crippen molar-refractivity contribution in [2.45, 2.75) is 19.3 Å². The third-order valence-electron chi connectivity index (χ3n) is 3.32. The van der Waals surface area contributed by atoms with Crippen molar-refractivity contribution in [3.8, 4) is 0 Å². The molecule has 90 valence electrons. The molecule has 1 aliphatic heterocycles. The summed E-state index contributed by atoms with van der Waals surface area (Å²) >= 11 is 5.57. The topological polar surface area (TPSA) is 28.7 Å². The van der Waals surface area contributed by atoms with Gasteiger partial charge in [-0.05, 0) is 48.5 Å². The lowest BCUT2D eigenvalue weighted by molar-refractivity contribution is 0.478. The fraction of sp³-hybridized carbons (Fsp3) is 0.462. The Bertz CT molecular complexity index is 517. The monoisotopic (exact) mass is 310 g/mol. The van der Waals surface area contributed by atoms with Crippen molar-refractivity contribution in [1.29, 1.82) is 0 Å². The summed E-state index contributed by atoms with van der Waals surface area (Å²) in [5.41, 5.74) is 2.22. The van der Waals surface area contributed by atoms with Gasteiger partial charge in [0, 0.05) is 10.9 Å². The van der Waals surface area contributed by atoms with Gasteiger partial charge in [0.25, 0.3) is 0 Å². The van der Waals surface area contributed by atoms with Gasteiger partial charge in [-0.3, -0.25) is 0 Å². The quantitative estimate of drug-likeness (QED) is 0.908. The number of rotatable bonds is 2. The zero-order valence-electron chi connectivity index (χ0n) is 9.58. The number of nitrogens with one attached hydrogen (secondary N) is 1. The predicted molar refractivity (Wildman–Crippen MR) is 77.5 cm³/mol. The second-order valence-corrected chi connectivity index (χ2v) is 6.75. The standard InChI is InChI=1S/C13H15BrN2S/c14-10-1-2-11-12(8-10)16-13(15-11)7-9-3-5-17-6-4-9/h1-2,8-9H,3-7H2,(H,15,16). The van der Waals surface area contributed by atoms with E-state index in [1.54, 1.807) is 0 Å². The molecule has 0 spiro atoms. The highest BCUT2D eigenvalue weighted by molar-refractivity contribution is 9.10. The van der Waals surface area contributed by atoms with E-state index in [1.807, 2.05) is 6.07 Å². The molecule has 0 saturated carbocycles. The van der Waals surface area contributed by atoms with Gasteiger partial charge in [0.15, 0.2) is 0 Å². The van der Waals surface area contributed by atoms with Crippen LogP contribution in [0.2, 0.25) is 0 Å². The van der Waals surface area contributed by atoms with Gasteiger partial charge >= 0.3 is 0 Å². The van der Waals surface area contributed by atoms with E-state index < -0.39 is 0 Å². The minimum Gasteiger partial charge on any atom is -0.342 e. The molecule has 0 amide bonds. The number of halogens is 1. The van der Waals surface area contributed by atoms with Crippen LogP contribution in [0.15, 0.2) is 22.7 Å². The second-order valence-electron chi connectivity index (χ2n) is 4.60. The summed E-state index contributed by atoms with van der Waals surface area (Å²) in [5.74, 6) is 4.60. The molecule has 0 atom stereocenters. The first kappa shape index (κ1) is 11.6. The largest absolute Gasteiger partial charge is 0.342 e. The van der Waals surface area contributed by atoms with Crippen molar-refractivity contribution in [1.82, 2.24) is 9.97 Å². The van der Waals surface area contributed by atoms with Crippen LogP contribution in [0.4, 0.5) is 0 Å². The molecule has 0 bridgehead atoms. The highest BCUT2D eigenvalue weighted by atomic mass is 79.9. The Labute approximate surface area is 114 Å². The molecule has 1 fully saturated rings. The molecular formula is C13H15BrN2S. The Kier molecular flexibility index (Phi) is 3.43. The Morgan fingerprint density at radius 3 is 3.00 bits per heavy atom. The third kappa shape index (κ3) is 2.68. The van der Waals surface area contributed by atoms with Crippen molar-refractivity contribution in [3.05, 3.63) is 28.5 Å². The van der Waals surface area contributed by atoms with Gasteiger partial charge in [-0.2, -0.15) is 11.8 Å². The normalized spacial score (nSPS) is 17.7. The summed E-state index contributed by atoms with van der Waals surface area (Å²) in [6, 6.07) is 6.21. The van der Waals surface area contributed by atoms with Gasteiger partial charge in [-0.15, -0.1) is 0 Å². The third-order valence-corrected chi connectivity index (χ3v) is 4.86. The van der Waals surface area contributed by atoms with Crippen LogP contribution in [0.25, 0.3) is 11.0 Å². The average Bonchev–Trinajstić information content (AvgIpc) is 2.71. The number of fused-ring (bicyclic) bond motifs is 1. The number of nitrogens with zero attached hydrogens (tertiary/aromatic N) is 1. The number of imidazole rings is 1. The summed E-state index contributed by atoms with van der Waals surface area (Å²) in [6.07, 6.45) is 3.78. The number of thioether (sulfide) groups is 1. The fourth-order valence-electron chi connectivity index (χ4n) is 2.36. The molecule has 4 heteroatoms. The zero-order chi connectivity index (χ0) is 11.7. The lowest BCUT2D eigenvalue weighted by atomic mass is 9.99. The maximum Gasteiger partial charge on any atom is 0.107 e. The summed E-state index contributed by atoms with van der Waals surface area (Å²) in [5, 5.41) is 0.